The second-order valence-electron chi connectivity index (χ2n) is 8.55. The SMILES string of the molecule is CC(C)NC(=O)[C@@H](C)N(Cc1ccccc1F)C(=O)CN(c1ccc2c(c1)OCCO2)S(C)(=O)=O. The molecule has 0 unspecified atom stereocenters. The van der Waals surface area contributed by atoms with Crippen LogP contribution in [0, 0.1) is 5.82 Å². The molecule has 0 aliphatic carbocycles. The van der Waals surface area contributed by atoms with Gasteiger partial charge in [-0.2, -0.15) is 0 Å². The highest BCUT2D eigenvalue weighted by Crippen LogP contribution is 2.34. The number of nitrogens with one attached hydrogen (secondary N) is 1. The quantitative estimate of drug-likeness (QED) is 0.559. The number of nitrogens with zero attached hydrogens (tertiary/aromatic N) is 2. The van der Waals surface area contributed by atoms with Gasteiger partial charge in [0.05, 0.1) is 11.9 Å². The molecule has 35 heavy (non-hydrogen) atoms. The number of ether oxygens (including phenoxy) is 2. The third-order valence-electron chi connectivity index (χ3n) is 5.39. The maximum absolute atomic E-state index is 14.4. The summed E-state index contributed by atoms with van der Waals surface area (Å²) in [5.74, 6) is -0.800. The van der Waals surface area contributed by atoms with Crippen molar-refractivity contribution in [2.45, 2.75) is 39.4 Å². The molecular formula is C24H30FN3O6S. The van der Waals surface area contributed by atoms with Gasteiger partial charge in [-0.15, -0.1) is 0 Å². The van der Waals surface area contributed by atoms with Gasteiger partial charge >= 0.3 is 0 Å². The minimum absolute atomic E-state index is 0.180. The van der Waals surface area contributed by atoms with Gasteiger partial charge in [0.2, 0.25) is 21.8 Å². The monoisotopic (exact) mass is 507 g/mol. The van der Waals surface area contributed by atoms with E-state index in [9.17, 15) is 22.4 Å². The first-order chi connectivity index (χ1) is 16.5. The summed E-state index contributed by atoms with van der Waals surface area (Å²) in [6.07, 6.45) is 0.979. The van der Waals surface area contributed by atoms with Crippen LogP contribution < -0.4 is 19.1 Å². The second-order valence-corrected chi connectivity index (χ2v) is 10.5. The van der Waals surface area contributed by atoms with Gasteiger partial charge < -0.3 is 19.7 Å². The first kappa shape index (κ1) is 26.3. The first-order valence-electron chi connectivity index (χ1n) is 11.2. The highest BCUT2D eigenvalue weighted by atomic mass is 32.2. The van der Waals surface area contributed by atoms with E-state index in [1.54, 1.807) is 26.0 Å². The van der Waals surface area contributed by atoms with Crippen LogP contribution in [-0.2, 0) is 26.2 Å². The third kappa shape index (κ3) is 6.62. The van der Waals surface area contributed by atoms with Gasteiger partial charge in [-0.3, -0.25) is 13.9 Å². The Kier molecular flexibility index (Phi) is 8.21. The molecule has 190 valence electrons. The molecule has 0 fully saturated rings. The molecule has 9 nitrogen and oxygen atoms in total. The van der Waals surface area contributed by atoms with Crippen molar-refractivity contribution < 1.29 is 31.9 Å². The molecule has 3 rings (SSSR count). The third-order valence-corrected chi connectivity index (χ3v) is 6.53. The lowest BCUT2D eigenvalue weighted by Crippen LogP contribution is -2.52. The average Bonchev–Trinajstić information content (AvgIpc) is 2.80. The summed E-state index contributed by atoms with van der Waals surface area (Å²) in [6.45, 7) is 4.96. The van der Waals surface area contributed by atoms with E-state index >= 15 is 0 Å². The molecule has 2 amide bonds. The Bertz CT molecular complexity index is 1190. The van der Waals surface area contributed by atoms with Gasteiger partial charge in [0.1, 0.15) is 31.6 Å². The number of carbonyl (C=O) groups is 2. The van der Waals surface area contributed by atoms with Crippen molar-refractivity contribution in [3.8, 4) is 11.5 Å². The molecule has 0 spiro atoms. The molecule has 1 N–H and O–H groups in total. The van der Waals surface area contributed by atoms with Crippen molar-refractivity contribution >= 4 is 27.5 Å². The molecule has 0 bridgehead atoms. The van der Waals surface area contributed by atoms with Crippen molar-refractivity contribution in [3.63, 3.8) is 0 Å². The van der Waals surface area contributed by atoms with Crippen LogP contribution >= 0.6 is 0 Å². The average molecular weight is 508 g/mol. The number of rotatable bonds is 9. The molecule has 1 heterocycles. The zero-order valence-corrected chi connectivity index (χ0v) is 21.0. The molecule has 1 aliphatic heterocycles. The van der Waals surface area contributed by atoms with Gasteiger partial charge in [0.15, 0.2) is 11.5 Å². The number of hydrogen-bond acceptors (Lipinski definition) is 6. The normalized spacial score (nSPS) is 13.8. The van der Waals surface area contributed by atoms with Crippen LogP contribution in [0.1, 0.15) is 26.3 Å². The van der Waals surface area contributed by atoms with Crippen molar-refractivity contribution in [2.75, 3.05) is 30.3 Å². The first-order valence-corrected chi connectivity index (χ1v) is 13.0. The number of sulfonamides is 1. The van der Waals surface area contributed by atoms with E-state index in [0.29, 0.717) is 24.7 Å². The van der Waals surface area contributed by atoms with Crippen molar-refractivity contribution in [2.24, 2.45) is 0 Å². The van der Waals surface area contributed by atoms with Gasteiger partial charge in [-0.1, -0.05) is 18.2 Å². The fourth-order valence-corrected chi connectivity index (χ4v) is 4.44. The second kappa shape index (κ2) is 10.9. The van der Waals surface area contributed by atoms with Crippen LogP contribution in [0.5, 0.6) is 11.5 Å². The van der Waals surface area contributed by atoms with Crippen LogP contribution in [0.25, 0.3) is 0 Å². The van der Waals surface area contributed by atoms with Crippen molar-refractivity contribution in [1.29, 1.82) is 0 Å². The topological polar surface area (TPSA) is 105 Å². The maximum Gasteiger partial charge on any atom is 0.244 e. The Morgan fingerprint density at radius 3 is 2.34 bits per heavy atom. The molecule has 0 radical (unpaired) electrons. The van der Waals surface area contributed by atoms with E-state index in [-0.39, 0.29) is 23.8 Å². The van der Waals surface area contributed by atoms with Crippen LogP contribution in [0.15, 0.2) is 42.5 Å². The van der Waals surface area contributed by atoms with Gasteiger partial charge in [0.25, 0.3) is 0 Å². The molecular weight excluding hydrogens is 477 g/mol. The fourth-order valence-electron chi connectivity index (χ4n) is 3.60. The highest BCUT2D eigenvalue weighted by Gasteiger charge is 2.31. The maximum atomic E-state index is 14.4. The summed E-state index contributed by atoms with van der Waals surface area (Å²) < 4.78 is 51.7. The number of halogens is 1. The molecule has 1 atom stereocenters. The smallest absolute Gasteiger partial charge is 0.244 e. The fraction of sp³-hybridized carbons (Fsp3) is 0.417. The van der Waals surface area contributed by atoms with Crippen LogP contribution in [0.4, 0.5) is 10.1 Å². The lowest BCUT2D eigenvalue weighted by Gasteiger charge is -2.32. The standard InChI is InChI=1S/C24H30FN3O6S/c1-16(2)26-24(30)17(3)27(14-18-7-5-6-8-20(18)25)23(29)15-28(35(4,31)32)19-9-10-21-22(13-19)34-12-11-33-21/h5-10,13,16-17H,11-12,14-15H2,1-4H3,(H,26,30)/t17-/m1/s1. The van der Waals surface area contributed by atoms with Gasteiger partial charge in [-0.25, -0.2) is 12.8 Å². The highest BCUT2D eigenvalue weighted by molar-refractivity contribution is 7.92. The summed E-state index contributed by atoms with van der Waals surface area (Å²) >= 11 is 0. The van der Waals surface area contributed by atoms with E-state index in [1.165, 1.54) is 42.2 Å². The summed E-state index contributed by atoms with van der Waals surface area (Å²) in [6, 6.07) is 9.32. The molecule has 0 saturated heterocycles. The molecule has 11 heteroatoms. The Hall–Kier alpha value is -3.34. The van der Waals surface area contributed by atoms with Crippen molar-refractivity contribution in [3.05, 3.63) is 53.8 Å². The van der Waals surface area contributed by atoms with Gasteiger partial charge in [0, 0.05) is 24.2 Å². The Labute approximate surface area is 204 Å². The molecule has 2 aromatic carbocycles. The number of benzene rings is 2. The number of hydrogen-bond donors (Lipinski definition) is 1. The minimum Gasteiger partial charge on any atom is -0.486 e. The van der Waals surface area contributed by atoms with Crippen LogP contribution in [0.2, 0.25) is 0 Å². The van der Waals surface area contributed by atoms with Gasteiger partial charge in [-0.05, 0) is 39.0 Å². The van der Waals surface area contributed by atoms with E-state index < -0.39 is 40.2 Å². The Morgan fingerprint density at radius 1 is 1.06 bits per heavy atom. The number of anilines is 1. The lowest BCUT2D eigenvalue weighted by molar-refractivity contribution is -0.139. The summed E-state index contributed by atoms with van der Waals surface area (Å²) in [5.41, 5.74) is 0.408. The number of carbonyl (C=O) groups excluding carboxylic acids is 2. The predicted octanol–water partition coefficient (Wildman–Crippen LogP) is 2.30. The molecule has 0 saturated carbocycles. The summed E-state index contributed by atoms with van der Waals surface area (Å²) in [5, 5.41) is 2.74. The van der Waals surface area contributed by atoms with Crippen LogP contribution in [-0.4, -0.2) is 63.2 Å². The van der Waals surface area contributed by atoms with E-state index in [4.69, 9.17) is 9.47 Å². The molecule has 0 aromatic heterocycles. The Morgan fingerprint density at radius 2 is 1.71 bits per heavy atom. The van der Waals surface area contributed by atoms with E-state index in [1.807, 2.05) is 0 Å². The Balaban J connectivity index is 1.93. The number of fused-ring (bicyclic) bond motifs is 1. The van der Waals surface area contributed by atoms with Crippen molar-refractivity contribution in [1.82, 2.24) is 10.2 Å². The predicted molar refractivity (Wildman–Crippen MR) is 129 cm³/mol. The zero-order valence-electron chi connectivity index (χ0n) is 20.2. The van der Waals surface area contributed by atoms with E-state index in [2.05, 4.69) is 5.32 Å². The summed E-state index contributed by atoms with van der Waals surface area (Å²) in [7, 11) is -3.90. The summed E-state index contributed by atoms with van der Waals surface area (Å²) in [4.78, 5) is 27.4. The minimum atomic E-state index is -3.90. The van der Waals surface area contributed by atoms with Crippen LogP contribution in [0.3, 0.4) is 0 Å². The zero-order chi connectivity index (χ0) is 25.8. The molecule has 2 aromatic rings. The molecule has 1 aliphatic rings. The number of amides is 2. The lowest BCUT2D eigenvalue weighted by atomic mass is 10.1. The van der Waals surface area contributed by atoms with E-state index in [0.717, 1.165) is 10.6 Å². The largest absolute Gasteiger partial charge is 0.486 e.